The number of nitrogens with zero attached hydrogens (tertiary/aromatic N) is 3. The van der Waals surface area contributed by atoms with Gasteiger partial charge in [-0.3, -0.25) is 0 Å². The summed E-state index contributed by atoms with van der Waals surface area (Å²) >= 11 is 1.53. The molecule has 1 aromatic rings. The Kier molecular flexibility index (Phi) is 6.09. The first-order valence-electron chi connectivity index (χ1n) is 5.13. The number of thiophene rings is 1. The van der Waals surface area contributed by atoms with Crippen molar-refractivity contribution in [2.75, 3.05) is 20.2 Å². The minimum Gasteiger partial charge on any atom is -0.468 e. The van der Waals surface area contributed by atoms with Gasteiger partial charge in [-0.25, -0.2) is 4.79 Å². The van der Waals surface area contributed by atoms with E-state index in [0.717, 1.165) is 5.56 Å². The van der Waals surface area contributed by atoms with Gasteiger partial charge in [0.15, 0.2) is 0 Å². The van der Waals surface area contributed by atoms with Crippen LogP contribution in [0.2, 0.25) is 0 Å². The molecule has 0 saturated carbocycles. The minimum atomic E-state index is -0.447. The summed E-state index contributed by atoms with van der Waals surface area (Å²) in [5, 5.41) is 10.3. The van der Waals surface area contributed by atoms with Gasteiger partial charge in [0.25, 0.3) is 0 Å². The van der Waals surface area contributed by atoms with E-state index in [2.05, 4.69) is 15.3 Å². The van der Waals surface area contributed by atoms with E-state index >= 15 is 0 Å². The maximum atomic E-state index is 11.6. The highest BCUT2D eigenvalue weighted by Crippen LogP contribution is 2.17. The topological polar surface area (TPSA) is 87.1 Å². The van der Waals surface area contributed by atoms with Crippen molar-refractivity contribution in [1.29, 1.82) is 0 Å². The Labute approximate surface area is 103 Å². The van der Waals surface area contributed by atoms with Gasteiger partial charge in [0.1, 0.15) is 6.04 Å². The molecule has 7 heteroatoms. The molecule has 0 fully saturated rings. The molecule has 0 aliphatic carbocycles. The third kappa shape index (κ3) is 4.44. The molecule has 1 aromatic heterocycles. The number of rotatable bonds is 7. The fourth-order valence-corrected chi connectivity index (χ4v) is 2.02. The van der Waals surface area contributed by atoms with E-state index in [1.54, 1.807) is 0 Å². The Bertz CT molecular complexity index is 387. The monoisotopic (exact) mass is 254 g/mol. The summed E-state index contributed by atoms with van der Waals surface area (Å²) in [5.41, 5.74) is 9.01. The predicted octanol–water partition coefficient (Wildman–Crippen LogP) is 2.25. The Hall–Kier alpha value is -1.56. The number of azide groups is 1. The Morgan fingerprint density at radius 3 is 3.18 bits per heavy atom. The van der Waals surface area contributed by atoms with Crippen LogP contribution in [0.5, 0.6) is 0 Å². The van der Waals surface area contributed by atoms with Gasteiger partial charge >= 0.3 is 5.97 Å². The molecule has 0 aliphatic rings. The maximum Gasteiger partial charge on any atom is 0.327 e. The molecule has 92 valence electrons. The normalized spacial score (nSPS) is 11.6. The standard InChI is InChI=1S/C10H14N4O2S/c1-16-10(15)9(8-3-6-17-7-8)12-4-2-5-13-14-11/h3,6-7,9,12H,2,4-5H2,1H3. The fourth-order valence-electron chi connectivity index (χ4n) is 1.34. The van der Waals surface area contributed by atoms with E-state index in [1.165, 1.54) is 18.4 Å². The molecule has 0 spiro atoms. The van der Waals surface area contributed by atoms with Gasteiger partial charge in [-0.15, -0.1) is 0 Å². The highest BCUT2D eigenvalue weighted by Gasteiger charge is 2.20. The van der Waals surface area contributed by atoms with Gasteiger partial charge in [-0.2, -0.15) is 11.3 Å². The van der Waals surface area contributed by atoms with E-state index in [0.29, 0.717) is 19.5 Å². The number of methoxy groups -OCH3 is 1. The first-order valence-corrected chi connectivity index (χ1v) is 6.08. The largest absolute Gasteiger partial charge is 0.468 e. The van der Waals surface area contributed by atoms with Crippen LogP contribution in [0.25, 0.3) is 10.4 Å². The van der Waals surface area contributed by atoms with E-state index in [4.69, 9.17) is 10.3 Å². The van der Waals surface area contributed by atoms with E-state index in [9.17, 15) is 4.79 Å². The molecule has 0 aliphatic heterocycles. The third-order valence-electron chi connectivity index (χ3n) is 2.16. The van der Waals surface area contributed by atoms with Crippen molar-refractivity contribution in [3.63, 3.8) is 0 Å². The number of hydrogen-bond acceptors (Lipinski definition) is 5. The van der Waals surface area contributed by atoms with Gasteiger partial charge in [0.05, 0.1) is 7.11 Å². The summed E-state index contributed by atoms with van der Waals surface area (Å²) < 4.78 is 4.74. The molecular weight excluding hydrogens is 240 g/mol. The second-order valence-corrected chi connectivity index (χ2v) is 4.06. The maximum absolute atomic E-state index is 11.6. The van der Waals surface area contributed by atoms with Gasteiger partial charge in [0.2, 0.25) is 0 Å². The quantitative estimate of drug-likeness (QED) is 0.266. The van der Waals surface area contributed by atoms with Gasteiger partial charge in [0, 0.05) is 11.5 Å². The zero-order chi connectivity index (χ0) is 12.5. The number of carbonyl (C=O) groups is 1. The van der Waals surface area contributed by atoms with E-state index in [1.807, 2.05) is 16.8 Å². The van der Waals surface area contributed by atoms with Crippen molar-refractivity contribution in [3.8, 4) is 0 Å². The molecule has 0 aromatic carbocycles. The second-order valence-electron chi connectivity index (χ2n) is 3.28. The zero-order valence-electron chi connectivity index (χ0n) is 9.50. The summed E-state index contributed by atoms with van der Waals surface area (Å²) in [7, 11) is 1.36. The molecule has 17 heavy (non-hydrogen) atoms. The Morgan fingerprint density at radius 1 is 1.76 bits per heavy atom. The Balaban J connectivity index is 2.48. The smallest absolute Gasteiger partial charge is 0.327 e. The molecule has 0 radical (unpaired) electrons. The van der Waals surface area contributed by atoms with Crippen molar-refractivity contribution in [2.45, 2.75) is 12.5 Å². The molecule has 6 nitrogen and oxygen atoms in total. The fraction of sp³-hybridized carbons (Fsp3) is 0.500. The van der Waals surface area contributed by atoms with Crippen molar-refractivity contribution in [1.82, 2.24) is 5.32 Å². The molecule has 1 atom stereocenters. The predicted molar refractivity (Wildman–Crippen MR) is 65.7 cm³/mol. The van der Waals surface area contributed by atoms with Gasteiger partial charge in [-0.1, -0.05) is 5.11 Å². The summed E-state index contributed by atoms with van der Waals surface area (Å²) in [6.07, 6.45) is 0.682. The van der Waals surface area contributed by atoms with E-state index in [-0.39, 0.29) is 5.97 Å². The van der Waals surface area contributed by atoms with Crippen LogP contribution in [0.4, 0.5) is 0 Å². The van der Waals surface area contributed by atoms with Crippen molar-refractivity contribution < 1.29 is 9.53 Å². The lowest BCUT2D eigenvalue weighted by Gasteiger charge is -2.14. The first-order chi connectivity index (χ1) is 8.29. The number of esters is 1. The van der Waals surface area contributed by atoms with Crippen LogP contribution >= 0.6 is 11.3 Å². The highest BCUT2D eigenvalue weighted by molar-refractivity contribution is 7.08. The van der Waals surface area contributed by atoms with Gasteiger partial charge < -0.3 is 10.1 Å². The number of carbonyl (C=O) groups excluding carboxylic acids is 1. The first kappa shape index (κ1) is 13.5. The minimum absolute atomic E-state index is 0.313. The lowest BCUT2D eigenvalue weighted by molar-refractivity contribution is -0.143. The molecule has 1 unspecified atom stereocenters. The summed E-state index contributed by atoms with van der Waals surface area (Å²) in [4.78, 5) is 14.2. The molecular formula is C10H14N4O2S. The molecule has 1 rings (SSSR count). The lowest BCUT2D eigenvalue weighted by atomic mass is 10.1. The summed E-state index contributed by atoms with van der Waals surface area (Å²) in [6.45, 7) is 1.01. The number of hydrogen-bond donors (Lipinski definition) is 1. The summed E-state index contributed by atoms with van der Waals surface area (Å²) in [5.74, 6) is -0.313. The molecule has 1 N–H and O–H groups in total. The molecule has 1 heterocycles. The number of nitrogens with one attached hydrogen (secondary N) is 1. The van der Waals surface area contributed by atoms with Crippen LogP contribution < -0.4 is 5.32 Å². The van der Waals surface area contributed by atoms with Gasteiger partial charge in [-0.05, 0) is 40.9 Å². The van der Waals surface area contributed by atoms with Crippen molar-refractivity contribution in [3.05, 3.63) is 32.8 Å². The van der Waals surface area contributed by atoms with Crippen LogP contribution in [-0.2, 0) is 9.53 Å². The van der Waals surface area contributed by atoms with Crippen molar-refractivity contribution in [2.24, 2.45) is 5.11 Å². The molecule has 0 bridgehead atoms. The summed E-state index contributed by atoms with van der Waals surface area (Å²) in [6, 6.07) is 1.43. The third-order valence-corrected chi connectivity index (χ3v) is 2.86. The average Bonchev–Trinajstić information content (AvgIpc) is 2.86. The van der Waals surface area contributed by atoms with Crippen LogP contribution in [0, 0.1) is 0 Å². The highest BCUT2D eigenvalue weighted by atomic mass is 32.1. The zero-order valence-corrected chi connectivity index (χ0v) is 10.3. The SMILES string of the molecule is COC(=O)C(NCCCN=[N+]=[N-])c1ccsc1. The Morgan fingerprint density at radius 2 is 2.59 bits per heavy atom. The molecule has 0 saturated heterocycles. The van der Waals surface area contributed by atoms with Crippen LogP contribution in [0.1, 0.15) is 18.0 Å². The average molecular weight is 254 g/mol. The number of ether oxygens (including phenoxy) is 1. The van der Waals surface area contributed by atoms with Crippen LogP contribution in [0.3, 0.4) is 0 Å². The second kappa shape index (κ2) is 7.67. The van der Waals surface area contributed by atoms with Crippen molar-refractivity contribution >= 4 is 17.3 Å². The van der Waals surface area contributed by atoms with Crippen LogP contribution in [0.15, 0.2) is 21.9 Å². The van der Waals surface area contributed by atoms with E-state index < -0.39 is 6.04 Å². The lowest BCUT2D eigenvalue weighted by Crippen LogP contribution is -2.30. The van der Waals surface area contributed by atoms with Crippen LogP contribution in [-0.4, -0.2) is 26.2 Å². The molecule has 0 amide bonds.